The predicted octanol–water partition coefficient (Wildman–Crippen LogP) is 1.12. The van der Waals surface area contributed by atoms with E-state index in [9.17, 15) is 5.11 Å². The van der Waals surface area contributed by atoms with E-state index in [1.807, 2.05) is 11.8 Å². The van der Waals surface area contributed by atoms with E-state index in [0.29, 0.717) is 36.2 Å². The van der Waals surface area contributed by atoms with Crippen molar-refractivity contribution in [3.05, 3.63) is 11.9 Å². The van der Waals surface area contributed by atoms with E-state index in [0.717, 1.165) is 31.6 Å². The van der Waals surface area contributed by atoms with Crippen molar-refractivity contribution in [1.29, 1.82) is 10.8 Å². The summed E-state index contributed by atoms with van der Waals surface area (Å²) >= 11 is 0. The van der Waals surface area contributed by atoms with E-state index >= 15 is 0 Å². The van der Waals surface area contributed by atoms with Gasteiger partial charge in [0.05, 0.1) is 18.5 Å². The molecule has 0 radical (unpaired) electrons. The molecule has 1 saturated heterocycles. The lowest BCUT2D eigenvalue weighted by Gasteiger charge is -2.27. The van der Waals surface area contributed by atoms with E-state index in [4.69, 9.17) is 21.3 Å². The Hall–Kier alpha value is -2.83. The van der Waals surface area contributed by atoms with Gasteiger partial charge in [0, 0.05) is 19.0 Å². The first-order valence-corrected chi connectivity index (χ1v) is 10.3. The molecule has 9 nitrogen and oxygen atoms in total. The fourth-order valence-corrected chi connectivity index (χ4v) is 3.65. The number of aromatic nitrogens is 1. The fraction of sp³-hybridized carbons (Fsp3) is 0.571. The van der Waals surface area contributed by atoms with Gasteiger partial charge < -0.3 is 31.1 Å². The molecule has 0 saturated carbocycles. The third kappa shape index (κ3) is 4.83. The van der Waals surface area contributed by atoms with Crippen LogP contribution in [0.15, 0.2) is 6.20 Å². The second kappa shape index (κ2) is 8.90. The molecule has 0 bridgehead atoms. The average Bonchev–Trinajstić information content (AvgIpc) is 3.10. The maximum atomic E-state index is 9.98. The first-order chi connectivity index (χ1) is 14.2. The molecule has 1 fully saturated rings. The van der Waals surface area contributed by atoms with E-state index in [1.165, 1.54) is 0 Å². The van der Waals surface area contributed by atoms with Crippen LogP contribution in [0.3, 0.4) is 0 Å². The SMILES string of the molecule is CCN1c2c(OC[C@H]3CCCNC3)cnc(C#CC(C)(C)O)c2NC1C(=N)C(=N)N. The third-order valence-electron chi connectivity index (χ3n) is 5.16. The molecule has 1 aromatic rings. The second-order valence-electron chi connectivity index (χ2n) is 8.19. The first kappa shape index (κ1) is 21.9. The Kier molecular flexibility index (Phi) is 6.48. The number of anilines is 2. The maximum Gasteiger partial charge on any atom is 0.163 e. The molecule has 2 aliphatic rings. The number of piperidine rings is 1. The number of nitrogens with one attached hydrogen (secondary N) is 4. The van der Waals surface area contributed by atoms with Crippen LogP contribution in [-0.2, 0) is 0 Å². The van der Waals surface area contributed by atoms with Crippen LogP contribution >= 0.6 is 0 Å². The number of fused-ring (bicyclic) bond motifs is 1. The summed E-state index contributed by atoms with van der Waals surface area (Å²) in [6.07, 6.45) is 3.29. The van der Waals surface area contributed by atoms with Crippen LogP contribution in [0.4, 0.5) is 11.4 Å². The van der Waals surface area contributed by atoms with Gasteiger partial charge in [0.25, 0.3) is 0 Å². The number of hydrogen-bond acceptors (Lipinski definition) is 8. The Morgan fingerprint density at radius 3 is 2.83 bits per heavy atom. The van der Waals surface area contributed by atoms with Crippen LogP contribution in [0.5, 0.6) is 5.75 Å². The van der Waals surface area contributed by atoms with Gasteiger partial charge in [0.2, 0.25) is 0 Å². The molecule has 0 aliphatic carbocycles. The fourth-order valence-electron chi connectivity index (χ4n) is 3.65. The highest BCUT2D eigenvalue weighted by molar-refractivity contribution is 6.41. The van der Waals surface area contributed by atoms with E-state index < -0.39 is 11.8 Å². The van der Waals surface area contributed by atoms with Crippen LogP contribution in [0.1, 0.15) is 39.3 Å². The Morgan fingerprint density at radius 2 is 2.23 bits per heavy atom. The molecule has 0 aromatic carbocycles. The molecule has 3 heterocycles. The topological polar surface area (TPSA) is 143 Å². The van der Waals surface area contributed by atoms with Gasteiger partial charge in [0.1, 0.15) is 34.7 Å². The van der Waals surface area contributed by atoms with E-state index in [2.05, 4.69) is 27.5 Å². The number of amidine groups is 1. The summed E-state index contributed by atoms with van der Waals surface area (Å²) in [7, 11) is 0. The monoisotopic (exact) mass is 413 g/mol. The molecule has 0 spiro atoms. The van der Waals surface area contributed by atoms with Gasteiger partial charge >= 0.3 is 0 Å². The van der Waals surface area contributed by atoms with Gasteiger partial charge in [-0.2, -0.15) is 0 Å². The number of nitrogens with zero attached hydrogens (tertiary/aromatic N) is 2. The summed E-state index contributed by atoms with van der Waals surface area (Å²) in [5.41, 5.74) is 6.24. The van der Waals surface area contributed by atoms with Crippen molar-refractivity contribution < 1.29 is 9.84 Å². The molecule has 1 aromatic heterocycles. The Bertz CT molecular complexity index is 876. The molecule has 7 N–H and O–H groups in total. The lowest BCUT2D eigenvalue weighted by atomic mass is 10.0. The summed E-state index contributed by atoms with van der Waals surface area (Å²) < 4.78 is 6.17. The van der Waals surface area contributed by atoms with Crippen LogP contribution in [0, 0.1) is 28.6 Å². The van der Waals surface area contributed by atoms with Gasteiger partial charge in [-0.25, -0.2) is 4.98 Å². The van der Waals surface area contributed by atoms with Crippen molar-refractivity contribution >= 4 is 22.9 Å². The van der Waals surface area contributed by atoms with Crippen molar-refractivity contribution in [2.45, 2.75) is 45.4 Å². The molecular formula is C21H31N7O2. The standard InChI is InChI=1S/C21H31N7O2/c1-4-28-18-15(30-12-13-6-5-9-25-10-13)11-26-14(7-8-21(2,3)29)17(18)27-20(28)16(22)19(23)24/h11,13,20,22,25,27,29H,4-6,9-10,12H2,1-3H3,(H3,23,24)/t13-,20?/m0/s1. The lowest BCUT2D eigenvalue weighted by Crippen LogP contribution is -2.47. The van der Waals surface area contributed by atoms with Gasteiger partial charge in [-0.15, -0.1) is 0 Å². The smallest absolute Gasteiger partial charge is 0.163 e. The van der Waals surface area contributed by atoms with Gasteiger partial charge in [-0.3, -0.25) is 10.8 Å². The normalized spacial score (nSPS) is 20.6. The molecule has 2 aliphatic heterocycles. The minimum atomic E-state index is -1.16. The quantitative estimate of drug-likeness (QED) is 0.233. The van der Waals surface area contributed by atoms with Gasteiger partial charge in [-0.05, 0) is 46.1 Å². The highest BCUT2D eigenvalue weighted by Crippen LogP contribution is 2.43. The molecule has 1 unspecified atom stereocenters. The van der Waals surface area contributed by atoms with Crippen molar-refractivity contribution in [3.8, 4) is 17.6 Å². The van der Waals surface area contributed by atoms with Gasteiger partial charge in [0.15, 0.2) is 5.75 Å². The number of nitrogens with two attached hydrogens (primary N) is 1. The number of rotatable bonds is 6. The minimum absolute atomic E-state index is 0.0307. The highest BCUT2D eigenvalue weighted by atomic mass is 16.5. The third-order valence-corrected chi connectivity index (χ3v) is 5.16. The zero-order valence-electron chi connectivity index (χ0n) is 17.8. The number of aliphatic hydroxyl groups is 1. The van der Waals surface area contributed by atoms with Crippen LogP contribution < -0.4 is 26.0 Å². The van der Waals surface area contributed by atoms with Crippen LogP contribution in [-0.4, -0.2) is 59.6 Å². The van der Waals surface area contributed by atoms with Crippen LogP contribution in [0.25, 0.3) is 0 Å². The zero-order chi connectivity index (χ0) is 21.9. The number of ether oxygens (including phenoxy) is 1. The summed E-state index contributed by atoms with van der Waals surface area (Å²) in [6, 6.07) is 0. The van der Waals surface area contributed by atoms with E-state index in [-0.39, 0.29) is 11.5 Å². The Balaban J connectivity index is 1.97. The van der Waals surface area contributed by atoms with Crippen LogP contribution in [0.2, 0.25) is 0 Å². The van der Waals surface area contributed by atoms with Crippen molar-refractivity contribution in [2.75, 3.05) is 36.5 Å². The molecular weight excluding hydrogens is 382 g/mol. The predicted molar refractivity (Wildman–Crippen MR) is 119 cm³/mol. The summed E-state index contributed by atoms with van der Waals surface area (Å²) in [5.74, 6) is 6.46. The molecule has 2 atom stereocenters. The number of pyridine rings is 1. The minimum Gasteiger partial charge on any atom is -0.489 e. The Morgan fingerprint density at radius 1 is 1.47 bits per heavy atom. The van der Waals surface area contributed by atoms with E-state index in [1.54, 1.807) is 20.0 Å². The zero-order valence-corrected chi connectivity index (χ0v) is 17.8. The van der Waals surface area contributed by atoms with Crippen molar-refractivity contribution in [3.63, 3.8) is 0 Å². The van der Waals surface area contributed by atoms with Crippen molar-refractivity contribution in [1.82, 2.24) is 10.3 Å². The lowest BCUT2D eigenvalue weighted by molar-refractivity contribution is 0.143. The largest absolute Gasteiger partial charge is 0.489 e. The second-order valence-corrected chi connectivity index (χ2v) is 8.19. The maximum absolute atomic E-state index is 9.98. The van der Waals surface area contributed by atoms with Crippen molar-refractivity contribution in [2.24, 2.45) is 11.7 Å². The molecule has 162 valence electrons. The average molecular weight is 414 g/mol. The Labute approximate surface area is 177 Å². The summed E-state index contributed by atoms with van der Waals surface area (Å²) in [5, 5.41) is 32.6. The molecule has 30 heavy (non-hydrogen) atoms. The summed E-state index contributed by atoms with van der Waals surface area (Å²) in [4.78, 5) is 6.39. The molecule has 9 heteroatoms. The van der Waals surface area contributed by atoms with Gasteiger partial charge in [-0.1, -0.05) is 5.92 Å². The number of hydrogen-bond donors (Lipinski definition) is 6. The summed E-state index contributed by atoms with van der Waals surface area (Å²) in [6.45, 7) is 8.30. The molecule has 3 rings (SSSR count). The first-order valence-electron chi connectivity index (χ1n) is 10.3. The molecule has 0 amide bonds. The highest BCUT2D eigenvalue weighted by Gasteiger charge is 2.36.